The van der Waals surface area contributed by atoms with Crippen molar-refractivity contribution in [3.63, 3.8) is 0 Å². The van der Waals surface area contributed by atoms with Crippen molar-refractivity contribution in [2.75, 3.05) is 0 Å². The fourth-order valence-electron chi connectivity index (χ4n) is 7.09. The Morgan fingerprint density at radius 3 is 1.89 bits per heavy atom. The first-order chi connectivity index (χ1) is 22.8. The third-order valence-corrected chi connectivity index (χ3v) is 9.13. The van der Waals surface area contributed by atoms with E-state index >= 15 is 0 Å². The van der Waals surface area contributed by atoms with E-state index in [2.05, 4.69) is 148 Å². The largest absolute Gasteiger partial charge is 0.309 e. The van der Waals surface area contributed by atoms with Gasteiger partial charge in [-0.3, -0.25) is 4.57 Å². The second kappa shape index (κ2) is 9.58. The number of hydrogen-bond acceptors (Lipinski definition) is 3. The molecule has 46 heavy (non-hydrogen) atoms. The van der Waals surface area contributed by atoms with Gasteiger partial charge in [-0.15, -0.1) is 0 Å². The molecule has 214 valence electrons. The smallest absolute Gasteiger partial charge is 0.180 e. The maximum absolute atomic E-state index is 5.28. The molecular weight excluding hydrogens is 562 g/mol. The standard InChI is InChI=1S/C41H25N5/c1-2-13-29(14-3-1)45-35-18-8-6-15-30(35)32-24-28(20-21-37(32)45)39-41(44-40-34(43-39)17-10-22-42-40)46-36-19-9-7-16-31(36)33-23-26-11-4-5-12-27(26)25-38(33)46/h1-25H. The van der Waals surface area contributed by atoms with Crippen LogP contribution >= 0.6 is 0 Å². The number of pyridine rings is 1. The molecule has 5 nitrogen and oxygen atoms in total. The fourth-order valence-corrected chi connectivity index (χ4v) is 7.09. The Balaban J connectivity index is 1.31. The molecule has 5 heteroatoms. The number of fused-ring (bicyclic) bond motifs is 8. The van der Waals surface area contributed by atoms with E-state index in [1.807, 2.05) is 12.1 Å². The van der Waals surface area contributed by atoms with Crippen molar-refractivity contribution in [2.45, 2.75) is 0 Å². The Labute approximate surface area is 263 Å². The van der Waals surface area contributed by atoms with Crippen LogP contribution in [0.2, 0.25) is 0 Å². The number of nitrogens with zero attached hydrogens (tertiary/aromatic N) is 5. The van der Waals surface area contributed by atoms with E-state index in [0.717, 1.165) is 44.8 Å². The molecule has 4 aromatic heterocycles. The minimum Gasteiger partial charge on any atom is -0.309 e. The highest BCUT2D eigenvalue weighted by Crippen LogP contribution is 2.39. The predicted molar refractivity (Wildman–Crippen MR) is 189 cm³/mol. The molecule has 0 spiro atoms. The first kappa shape index (κ1) is 25.0. The highest BCUT2D eigenvalue weighted by Gasteiger charge is 2.21. The van der Waals surface area contributed by atoms with E-state index in [4.69, 9.17) is 9.97 Å². The molecule has 0 aliphatic heterocycles. The van der Waals surface area contributed by atoms with E-state index < -0.39 is 0 Å². The lowest BCUT2D eigenvalue weighted by atomic mass is 10.1. The van der Waals surface area contributed by atoms with Crippen LogP contribution in [0.3, 0.4) is 0 Å². The topological polar surface area (TPSA) is 48.5 Å². The van der Waals surface area contributed by atoms with Crippen LogP contribution in [0.25, 0.3) is 88.3 Å². The van der Waals surface area contributed by atoms with E-state index in [0.29, 0.717) is 5.65 Å². The normalized spacial score (nSPS) is 11.9. The minimum absolute atomic E-state index is 0.620. The zero-order chi connectivity index (χ0) is 30.2. The number of hydrogen-bond donors (Lipinski definition) is 0. The van der Waals surface area contributed by atoms with Gasteiger partial charge in [-0.2, -0.15) is 0 Å². The highest BCUT2D eigenvalue weighted by atomic mass is 15.1. The Morgan fingerprint density at radius 1 is 0.435 bits per heavy atom. The van der Waals surface area contributed by atoms with E-state index in [1.54, 1.807) is 6.20 Å². The van der Waals surface area contributed by atoms with Gasteiger partial charge in [0.15, 0.2) is 11.5 Å². The van der Waals surface area contributed by atoms with Gasteiger partial charge in [0.1, 0.15) is 11.2 Å². The van der Waals surface area contributed by atoms with Crippen LogP contribution in [0.5, 0.6) is 0 Å². The average molecular weight is 588 g/mol. The zero-order valence-electron chi connectivity index (χ0n) is 24.7. The van der Waals surface area contributed by atoms with Crippen LogP contribution in [0.1, 0.15) is 0 Å². The molecule has 0 radical (unpaired) electrons. The summed E-state index contributed by atoms with van der Waals surface area (Å²) < 4.78 is 4.61. The van der Waals surface area contributed by atoms with Crippen LogP contribution in [0.15, 0.2) is 152 Å². The summed E-state index contributed by atoms with van der Waals surface area (Å²) in [6.07, 6.45) is 1.78. The molecule has 0 aliphatic carbocycles. The summed E-state index contributed by atoms with van der Waals surface area (Å²) in [6, 6.07) is 51.4. The van der Waals surface area contributed by atoms with Gasteiger partial charge in [0.25, 0.3) is 0 Å². The Hall–Kier alpha value is -6.33. The maximum atomic E-state index is 5.28. The van der Waals surface area contributed by atoms with Crippen LogP contribution in [0.4, 0.5) is 0 Å². The van der Waals surface area contributed by atoms with Crippen LogP contribution in [0, 0.1) is 0 Å². The van der Waals surface area contributed by atoms with Crippen LogP contribution < -0.4 is 0 Å². The van der Waals surface area contributed by atoms with Gasteiger partial charge in [0.2, 0.25) is 0 Å². The van der Waals surface area contributed by atoms with Crippen molar-refractivity contribution in [3.05, 3.63) is 152 Å². The Morgan fingerprint density at radius 2 is 1.09 bits per heavy atom. The molecule has 4 heterocycles. The number of rotatable bonds is 3. The molecule has 0 N–H and O–H groups in total. The molecule has 0 bridgehead atoms. The van der Waals surface area contributed by atoms with Crippen molar-refractivity contribution in [3.8, 4) is 22.8 Å². The quantitative estimate of drug-likeness (QED) is 0.207. The van der Waals surface area contributed by atoms with E-state index in [1.165, 1.54) is 37.8 Å². The lowest BCUT2D eigenvalue weighted by Gasteiger charge is -2.14. The summed E-state index contributed by atoms with van der Waals surface area (Å²) >= 11 is 0. The Kier molecular flexibility index (Phi) is 5.22. The molecule has 0 unspecified atom stereocenters. The number of benzene rings is 6. The van der Waals surface area contributed by atoms with Gasteiger partial charge >= 0.3 is 0 Å². The van der Waals surface area contributed by atoms with Crippen molar-refractivity contribution in [1.29, 1.82) is 0 Å². The van der Waals surface area contributed by atoms with Gasteiger partial charge in [-0.05, 0) is 71.4 Å². The molecule has 0 fully saturated rings. The van der Waals surface area contributed by atoms with Crippen molar-refractivity contribution >= 4 is 65.5 Å². The summed E-state index contributed by atoms with van der Waals surface area (Å²) in [5, 5.41) is 7.13. The summed E-state index contributed by atoms with van der Waals surface area (Å²) in [7, 11) is 0. The third-order valence-electron chi connectivity index (χ3n) is 9.13. The molecule has 0 amide bonds. The van der Waals surface area contributed by atoms with Gasteiger partial charge in [-0.1, -0.05) is 84.9 Å². The lowest BCUT2D eigenvalue weighted by molar-refractivity contribution is 1.07. The molecule has 0 saturated heterocycles. The number of para-hydroxylation sites is 3. The maximum Gasteiger partial charge on any atom is 0.180 e. The summed E-state index contributed by atoms with van der Waals surface area (Å²) in [5.41, 5.74) is 8.83. The van der Waals surface area contributed by atoms with Gasteiger partial charge in [0.05, 0.1) is 22.1 Å². The molecule has 0 saturated carbocycles. The third kappa shape index (κ3) is 3.60. The molecule has 10 rings (SSSR count). The van der Waals surface area contributed by atoms with Crippen molar-refractivity contribution in [1.82, 2.24) is 24.1 Å². The Bertz CT molecular complexity index is 2810. The first-order valence-corrected chi connectivity index (χ1v) is 15.5. The van der Waals surface area contributed by atoms with Gasteiger partial charge in [-0.25, -0.2) is 15.0 Å². The fraction of sp³-hybridized carbons (Fsp3) is 0. The zero-order valence-corrected chi connectivity index (χ0v) is 24.7. The van der Waals surface area contributed by atoms with Gasteiger partial charge in [0, 0.05) is 39.0 Å². The second-order valence-electron chi connectivity index (χ2n) is 11.7. The molecule has 0 atom stereocenters. The second-order valence-corrected chi connectivity index (χ2v) is 11.7. The van der Waals surface area contributed by atoms with Gasteiger partial charge < -0.3 is 4.57 Å². The first-order valence-electron chi connectivity index (χ1n) is 15.5. The molecule has 0 aliphatic rings. The monoisotopic (exact) mass is 587 g/mol. The number of aromatic nitrogens is 5. The van der Waals surface area contributed by atoms with E-state index in [9.17, 15) is 0 Å². The molecule has 10 aromatic rings. The lowest BCUT2D eigenvalue weighted by Crippen LogP contribution is -2.04. The highest BCUT2D eigenvalue weighted by molar-refractivity contribution is 6.14. The molecular formula is C41H25N5. The van der Waals surface area contributed by atoms with Crippen molar-refractivity contribution in [2.24, 2.45) is 0 Å². The molecule has 6 aromatic carbocycles. The average Bonchev–Trinajstić information content (AvgIpc) is 3.62. The van der Waals surface area contributed by atoms with E-state index in [-0.39, 0.29) is 0 Å². The summed E-state index contributed by atoms with van der Waals surface area (Å²) in [5.74, 6) is 0.763. The summed E-state index contributed by atoms with van der Waals surface area (Å²) in [6.45, 7) is 0. The van der Waals surface area contributed by atoms with Crippen molar-refractivity contribution < 1.29 is 0 Å². The van der Waals surface area contributed by atoms with Crippen LogP contribution in [-0.2, 0) is 0 Å². The van der Waals surface area contributed by atoms with Crippen LogP contribution in [-0.4, -0.2) is 24.1 Å². The minimum atomic E-state index is 0.620. The predicted octanol–water partition coefficient (Wildman–Crippen LogP) is 10.0. The summed E-state index contributed by atoms with van der Waals surface area (Å²) in [4.78, 5) is 15.2. The SMILES string of the molecule is c1ccc(-n2c3ccccc3c3cc(-c4nc5cccnc5nc4-n4c5ccccc5c5cc6ccccc6cc54)ccc32)cc1.